The molecule has 21 heavy (non-hydrogen) atoms. The van der Waals surface area contributed by atoms with Crippen molar-refractivity contribution in [1.82, 2.24) is 10.2 Å². The van der Waals surface area contributed by atoms with Crippen LogP contribution in [0.5, 0.6) is 0 Å². The number of hydrogen-bond donors (Lipinski definition) is 3. The van der Waals surface area contributed by atoms with E-state index in [9.17, 15) is 10.2 Å². The molecule has 3 fully saturated rings. The van der Waals surface area contributed by atoms with Crippen molar-refractivity contribution in [2.24, 2.45) is 0 Å². The summed E-state index contributed by atoms with van der Waals surface area (Å²) in [6, 6.07) is 0.490. The Morgan fingerprint density at radius 2 is 1.81 bits per heavy atom. The van der Waals surface area contributed by atoms with Crippen LogP contribution < -0.4 is 5.32 Å². The SMILES string of the molecule is OC[C@@H]1O[C@H](CNC2CCOCC2)[C@H](N2CCCC2)[C@@H]1O. The minimum Gasteiger partial charge on any atom is -0.394 e. The highest BCUT2D eigenvalue weighted by molar-refractivity contribution is 4.99. The van der Waals surface area contributed by atoms with Crippen molar-refractivity contribution in [2.45, 2.75) is 56.1 Å². The highest BCUT2D eigenvalue weighted by Crippen LogP contribution is 2.28. The first-order chi connectivity index (χ1) is 10.3. The van der Waals surface area contributed by atoms with E-state index in [1.54, 1.807) is 0 Å². The Balaban J connectivity index is 1.57. The Kier molecular flexibility index (Phi) is 5.48. The van der Waals surface area contributed by atoms with Gasteiger partial charge >= 0.3 is 0 Å². The van der Waals surface area contributed by atoms with E-state index in [0.29, 0.717) is 6.04 Å². The van der Waals surface area contributed by atoms with Crippen LogP contribution in [0, 0.1) is 0 Å². The Bertz CT molecular complexity index is 319. The van der Waals surface area contributed by atoms with E-state index in [1.165, 1.54) is 12.8 Å². The predicted molar refractivity (Wildman–Crippen MR) is 78.2 cm³/mol. The van der Waals surface area contributed by atoms with Gasteiger partial charge in [0.1, 0.15) is 12.2 Å². The maximum Gasteiger partial charge on any atom is 0.109 e. The van der Waals surface area contributed by atoms with E-state index in [0.717, 1.165) is 45.7 Å². The summed E-state index contributed by atoms with van der Waals surface area (Å²) in [7, 11) is 0. The van der Waals surface area contributed by atoms with Crippen LogP contribution in [0.2, 0.25) is 0 Å². The van der Waals surface area contributed by atoms with Crippen LogP contribution in [-0.4, -0.2) is 85.0 Å². The highest BCUT2D eigenvalue weighted by Gasteiger charge is 2.46. The average molecular weight is 300 g/mol. The summed E-state index contributed by atoms with van der Waals surface area (Å²) in [6.45, 7) is 4.31. The van der Waals surface area contributed by atoms with Crippen molar-refractivity contribution in [3.8, 4) is 0 Å². The van der Waals surface area contributed by atoms with E-state index in [4.69, 9.17) is 9.47 Å². The lowest BCUT2D eigenvalue weighted by Gasteiger charge is -2.31. The van der Waals surface area contributed by atoms with Crippen molar-refractivity contribution < 1.29 is 19.7 Å². The molecule has 0 saturated carbocycles. The normalized spacial score (nSPS) is 39.1. The Morgan fingerprint density at radius 1 is 1.10 bits per heavy atom. The van der Waals surface area contributed by atoms with Crippen LogP contribution in [0.15, 0.2) is 0 Å². The smallest absolute Gasteiger partial charge is 0.109 e. The molecule has 0 spiro atoms. The molecule has 0 unspecified atom stereocenters. The van der Waals surface area contributed by atoms with Gasteiger partial charge in [0.2, 0.25) is 0 Å². The highest BCUT2D eigenvalue weighted by atomic mass is 16.5. The fraction of sp³-hybridized carbons (Fsp3) is 1.00. The summed E-state index contributed by atoms with van der Waals surface area (Å²) < 4.78 is 11.3. The maximum absolute atomic E-state index is 10.4. The largest absolute Gasteiger partial charge is 0.394 e. The minimum absolute atomic E-state index is 0.0111. The molecule has 3 rings (SSSR count). The van der Waals surface area contributed by atoms with Crippen molar-refractivity contribution in [2.75, 3.05) is 39.5 Å². The standard InChI is InChI=1S/C15H28N2O4/c18-10-13-15(19)14(17-5-1-2-6-17)12(21-13)9-16-11-3-7-20-8-4-11/h11-16,18-19H,1-10H2/t12-,13+,14+,15-/m1/s1. The Hall–Kier alpha value is -0.240. The van der Waals surface area contributed by atoms with Crippen molar-refractivity contribution >= 4 is 0 Å². The lowest BCUT2D eigenvalue weighted by Crippen LogP contribution is -2.51. The van der Waals surface area contributed by atoms with Gasteiger partial charge < -0.3 is 25.0 Å². The summed E-state index contributed by atoms with van der Waals surface area (Å²) in [5.74, 6) is 0. The van der Waals surface area contributed by atoms with Crippen LogP contribution in [0.3, 0.4) is 0 Å². The maximum atomic E-state index is 10.4. The molecule has 0 aromatic rings. The number of rotatable bonds is 5. The zero-order chi connectivity index (χ0) is 14.7. The van der Waals surface area contributed by atoms with Gasteiger partial charge in [-0.25, -0.2) is 0 Å². The average Bonchev–Trinajstić information content (AvgIpc) is 3.13. The molecular formula is C15H28N2O4. The molecule has 0 aromatic heterocycles. The third-order valence-corrected chi connectivity index (χ3v) is 5.03. The summed E-state index contributed by atoms with van der Waals surface area (Å²) in [5.41, 5.74) is 0. The van der Waals surface area contributed by atoms with Crippen molar-refractivity contribution in [3.63, 3.8) is 0 Å². The third kappa shape index (κ3) is 3.57. The van der Waals surface area contributed by atoms with Crippen molar-refractivity contribution in [3.05, 3.63) is 0 Å². The first-order valence-corrected chi connectivity index (χ1v) is 8.29. The molecule has 3 heterocycles. The van der Waals surface area contributed by atoms with Gasteiger partial charge in [0, 0.05) is 25.8 Å². The first kappa shape index (κ1) is 15.6. The molecule has 0 radical (unpaired) electrons. The Morgan fingerprint density at radius 3 is 2.48 bits per heavy atom. The van der Waals surface area contributed by atoms with Crippen LogP contribution in [-0.2, 0) is 9.47 Å². The van der Waals surface area contributed by atoms with Crippen LogP contribution in [0.4, 0.5) is 0 Å². The molecule has 0 aliphatic carbocycles. The molecule has 0 bridgehead atoms. The van der Waals surface area contributed by atoms with E-state index >= 15 is 0 Å². The molecule has 4 atom stereocenters. The van der Waals surface area contributed by atoms with Gasteiger partial charge in [-0.15, -0.1) is 0 Å². The van der Waals surface area contributed by atoms with Gasteiger partial charge in [-0.05, 0) is 38.8 Å². The third-order valence-electron chi connectivity index (χ3n) is 5.03. The molecule has 6 heteroatoms. The summed E-state index contributed by atoms with van der Waals surface area (Å²) in [4.78, 5) is 2.33. The number of nitrogens with one attached hydrogen (secondary N) is 1. The second-order valence-electron chi connectivity index (χ2n) is 6.41. The van der Waals surface area contributed by atoms with Gasteiger partial charge in [-0.2, -0.15) is 0 Å². The van der Waals surface area contributed by atoms with E-state index in [-0.39, 0.29) is 18.8 Å². The van der Waals surface area contributed by atoms with E-state index < -0.39 is 12.2 Å². The van der Waals surface area contributed by atoms with Gasteiger partial charge in [0.25, 0.3) is 0 Å². The summed E-state index contributed by atoms with van der Waals surface area (Å²) in [6.07, 6.45) is 3.37. The van der Waals surface area contributed by atoms with Crippen LogP contribution in [0.1, 0.15) is 25.7 Å². The molecule has 3 aliphatic heterocycles. The number of aliphatic hydroxyl groups excluding tert-OH is 2. The predicted octanol–water partition coefficient (Wildman–Crippen LogP) is -0.660. The fourth-order valence-corrected chi connectivity index (χ4v) is 3.82. The molecule has 3 aliphatic rings. The lowest BCUT2D eigenvalue weighted by molar-refractivity contribution is -0.0229. The molecule has 0 aromatic carbocycles. The quantitative estimate of drug-likeness (QED) is 0.626. The van der Waals surface area contributed by atoms with Gasteiger partial charge in [-0.1, -0.05) is 0 Å². The number of ether oxygens (including phenoxy) is 2. The van der Waals surface area contributed by atoms with Crippen LogP contribution >= 0.6 is 0 Å². The zero-order valence-corrected chi connectivity index (χ0v) is 12.6. The molecular weight excluding hydrogens is 272 g/mol. The van der Waals surface area contributed by atoms with Gasteiger partial charge in [0.05, 0.1) is 18.8 Å². The van der Waals surface area contributed by atoms with Gasteiger partial charge in [-0.3, -0.25) is 4.90 Å². The minimum atomic E-state index is -0.588. The first-order valence-electron chi connectivity index (χ1n) is 8.29. The molecule has 0 amide bonds. The monoisotopic (exact) mass is 300 g/mol. The zero-order valence-electron chi connectivity index (χ0n) is 12.6. The molecule has 3 saturated heterocycles. The molecule has 3 N–H and O–H groups in total. The summed E-state index contributed by atoms with van der Waals surface area (Å²) in [5, 5.41) is 23.4. The van der Waals surface area contributed by atoms with E-state index in [2.05, 4.69) is 10.2 Å². The van der Waals surface area contributed by atoms with Crippen molar-refractivity contribution in [1.29, 1.82) is 0 Å². The second kappa shape index (κ2) is 7.35. The Labute approximate surface area is 126 Å². The fourth-order valence-electron chi connectivity index (χ4n) is 3.82. The molecule has 122 valence electrons. The lowest BCUT2D eigenvalue weighted by atomic mass is 10.0. The second-order valence-corrected chi connectivity index (χ2v) is 6.41. The van der Waals surface area contributed by atoms with E-state index in [1.807, 2.05) is 0 Å². The number of likely N-dealkylation sites (tertiary alicyclic amines) is 1. The summed E-state index contributed by atoms with van der Waals surface area (Å²) >= 11 is 0. The van der Waals surface area contributed by atoms with Crippen LogP contribution in [0.25, 0.3) is 0 Å². The number of hydrogen-bond acceptors (Lipinski definition) is 6. The topological polar surface area (TPSA) is 74.2 Å². The number of aliphatic hydroxyl groups is 2. The molecule has 6 nitrogen and oxygen atoms in total. The number of nitrogens with zero attached hydrogens (tertiary/aromatic N) is 1. The van der Waals surface area contributed by atoms with Gasteiger partial charge in [0.15, 0.2) is 0 Å².